The molecule has 0 unspecified atom stereocenters. The van der Waals surface area contributed by atoms with E-state index in [1.54, 1.807) is 81.4 Å². The Bertz CT molecular complexity index is 1430. The fourth-order valence-corrected chi connectivity index (χ4v) is 3.24. The monoisotopic (exact) mass is 512 g/mol. The first-order valence-electron chi connectivity index (χ1n) is 11.6. The van der Waals surface area contributed by atoms with Crippen molar-refractivity contribution in [2.24, 2.45) is 0 Å². The third-order valence-electron chi connectivity index (χ3n) is 5.30. The predicted molar refractivity (Wildman–Crippen MR) is 145 cm³/mol. The summed E-state index contributed by atoms with van der Waals surface area (Å²) in [5, 5.41) is 0. The van der Waals surface area contributed by atoms with E-state index in [2.05, 4.69) is 19.7 Å². The highest BCUT2D eigenvalue weighted by Crippen LogP contribution is 2.42. The molecular formula is C31H28O7. The number of hydrogen-bond donors (Lipinski definition) is 0. The number of carbonyl (C=O) groups excluding carboxylic acids is 3. The minimum atomic E-state index is -0.587. The summed E-state index contributed by atoms with van der Waals surface area (Å²) >= 11 is 0. The van der Waals surface area contributed by atoms with E-state index in [4.69, 9.17) is 18.9 Å². The van der Waals surface area contributed by atoms with E-state index >= 15 is 0 Å². The maximum atomic E-state index is 12.5. The Labute approximate surface area is 221 Å². The molecule has 3 aromatic rings. The summed E-state index contributed by atoms with van der Waals surface area (Å²) < 4.78 is 21.9. The van der Waals surface area contributed by atoms with Gasteiger partial charge in [-0.05, 0) is 68.3 Å². The maximum absolute atomic E-state index is 12.5. The van der Waals surface area contributed by atoms with Crippen molar-refractivity contribution in [1.82, 2.24) is 0 Å². The van der Waals surface area contributed by atoms with Gasteiger partial charge in [-0.2, -0.15) is 0 Å². The van der Waals surface area contributed by atoms with Crippen molar-refractivity contribution in [3.63, 3.8) is 0 Å². The number of carbonyl (C=O) groups is 3. The van der Waals surface area contributed by atoms with Gasteiger partial charge in [-0.1, -0.05) is 44.0 Å². The third kappa shape index (κ3) is 6.64. The van der Waals surface area contributed by atoms with Gasteiger partial charge < -0.3 is 18.9 Å². The highest BCUT2D eigenvalue weighted by Gasteiger charge is 2.18. The van der Waals surface area contributed by atoms with Crippen LogP contribution < -0.4 is 18.9 Å². The normalized spacial score (nSPS) is 10.2. The van der Waals surface area contributed by atoms with Crippen molar-refractivity contribution in [3.05, 3.63) is 97.1 Å². The van der Waals surface area contributed by atoms with E-state index in [-0.39, 0.29) is 22.5 Å². The number of rotatable bonds is 9. The number of esters is 3. The molecule has 0 aliphatic rings. The second-order valence-electron chi connectivity index (χ2n) is 8.61. The van der Waals surface area contributed by atoms with Crippen molar-refractivity contribution >= 4 is 17.9 Å². The van der Waals surface area contributed by atoms with E-state index in [0.29, 0.717) is 33.9 Å². The van der Waals surface area contributed by atoms with Crippen molar-refractivity contribution in [3.8, 4) is 45.3 Å². The van der Waals surface area contributed by atoms with Gasteiger partial charge in [0.2, 0.25) is 0 Å². The van der Waals surface area contributed by atoms with Gasteiger partial charge in [-0.3, -0.25) is 0 Å². The lowest BCUT2D eigenvalue weighted by atomic mass is 9.97. The first kappa shape index (κ1) is 27.7. The summed E-state index contributed by atoms with van der Waals surface area (Å²) in [6.45, 7) is 15.5. The number of benzene rings is 3. The lowest BCUT2D eigenvalue weighted by molar-refractivity contribution is -0.130. The molecule has 0 aromatic heterocycles. The minimum Gasteiger partial charge on any atom is -0.496 e. The molecule has 0 heterocycles. The smallest absolute Gasteiger partial charge is 0.338 e. The van der Waals surface area contributed by atoms with Gasteiger partial charge in [0.05, 0.1) is 7.11 Å². The first-order chi connectivity index (χ1) is 18.0. The van der Waals surface area contributed by atoms with E-state index in [1.807, 2.05) is 0 Å². The quantitative estimate of drug-likeness (QED) is 0.184. The van der Waals surface area contributed by atoms with Gasteiger partial charge in [0.1, 0.15) is 23.0 Å². The highest BCUT2D eigenvalue weighted by molar-refractivity contribution is 5.92. The van der Waals surface area contributed by atoms with Crippen LogP contribution >= 0.6 is 0 Å². The summed E-state index contributed by atoms with van der Waals surface area (Å²) in [6.07, 6.45) is 0. The summed E-state index contributed by atoms with van der Waals surface area (Å²) in [5.74, 6) is -0.138. The Balaban J connectivity index is 2.05. The molecule has 0 fully saturated rings. The largest absolute Gasteiger partial charge is 0.496 e. The van der Waals surface area contributed by atoms with Crippen LogP contribution in [0.15, 0.2) is 97.1 Å². The molecular weight excluding hydrogens is 484 g/mol. The summed E-state index contributed by atoms with van der Waals surface area (Å²) in [4.78, 5) is 36.1. The molecule has 3 rings (SSSR count). The molecule has 7 nitrogen and oxygen atoms in total. The molecule has 0 radical (unpaired) electrons. The van der Waals surface area contributed by atoms with Crippen LogP contribution in [0.4, 0.5) is 0 Å². The zero-order valence-electron chi connectivity index (χ0n) is 21.8. The van der Waals surface area contributed by atoms with Crippen molar-refractivity contribution < 1.29 is 33.3 Å². The second-order valence-corrected chi connectivity index (χ2v) is 8.61. The molecule has 0 aliphatic carbocycles. The predicted octanol–water partition coefficient (Wildman–Crippen LogP) is 6.47. The van der Waals surface area contributed by atoms with Gasteiger partial charge in [0, 0.05) is 27.8 Å². The Morgan fingerprint density at radius 2 is 0.895 bits per heavy atom. The Morgan fingerprint density at radius 3 is 1.26 bits per heavy atom. The van der Waals surface area contributed by atoms with Crippen molar-refractivity contribution in [1.29, 1.82) is 0 Å². The van der Waals surface area contributed by atoms with Crippen molar-refractivity contribution in [2.45, 2.75) is 20.8 Å². The standard InChI is InChI=1S/C31H28O7/c1-18(2)29(32)36-23-12-8-21(9-13-23)25-17-28(38-31(34)20(5)6)26(16-27(25)35-7)22-10-14-24(15-11-22)37-30(33)19(3)4/h8-17H,1,3,5H2,2,4,6-7H3. The van der Waals surface area contributed by atoms with Crippen LogP contribution in [-0.4, -0.2) is 25.0 Å². The Hall–Kier alpha value is -4.91. The van der Waals surface area contributed by atoms with Crippen LogP contribution in [-0.2, 0) is 14.4 Å². The zero-order chi connectivity index (χ0) is 28.0. The molecule has 0 saturated carbocycles. The van der Waals surface area contributed by atoms with Gasteiger partial charge in [0.25, 0.3) is 0 Å². The maximum Gasteiger partial charge on any atom is 0.338 e. The van der Waals surface area contributed by atoms with E-state index in [0.717, 1.165) is 5.56 Å². The molecule has 3 aromatic carbocycles. The third-order valence-corrected chi connectivity index (χ3v) is 5.30. The van der Waals surface area contributed by atoms with Gasteiger partial charge >= 0.3 is 17.9 Å². The fraction of sp³-hybridized carbons (Fsp3) is 0.129. The van der Waals surface area contributed by atoms with E-state index in [9.17, 15) is 14.4 Å². The molecule has 0 amide bonds. The van der Waals surface area contributed by atoms with Crippen molar-refractivity contribution in [2.75, 3.05) is 7.11 Å². The lowest BCUT2D eigenvalue weighted by Gasteiger charge is -2.17. The zero-order valence-corrected chi connectivity index (χ0v) is 21.8. The van der Waals surface area contributed by atoms with Crippen LogP contribution in [0.25, 0.3) is 22.3 Å². The molecule has 0 atom stereocenters. The van der Waals surface area contributed by atoms with Gasteiger partial charge in [0.15, 0.2) is 0 Å². The van der Waals surface area contributed by atoms with E-state index < -0.39 is 17.9 Å². The highest BCUT2D eigenvalue weighted by atomic mass is 16.5. The Morgan fingerprint density at radius 1 is 0.553 bits per heavy atom. The molecule has 0 saturated heterocycles. The lowest BCUT2D eigenvalue weighted by Crippen LogP contribution is -2.09. The first-order valence-corrected chi connectivity index (χ1v) is 11.6. The minimum absolute atomic E-state index is 0.235. The topological polar surface area (TPSA) is 88.1 Å². The summed E-state index contributed by atoms with van der Waals surface area (Å²) in [6, 6.07) is 17.0. The van der Waals surface area contributed by atoms with Crippen LogP contribution in [0.5, 0.6) is 23.0 Å². The van der Waals surface area contributed by atoms with Crippen LogP contribution in [0.1, 0.15) is 20.8 Å². The Kier molecular flexibility index (Phi) is 8.65. The molecule has 38 heavy (non-hydrogen) atoms. The number of ether oxygens (including phenoxy) is 4. The average molecular weight is 513 g/mol. The fourth-order valence-electron chi connectivity index (χ4n) is 3.24. The molecule has 0 bridgehead atoms. The number of methoxy groups -OCH3 is 1. The summed E-state index contributed by atoms with van der Waals surface area (Å²) in [5.41, 5.74) is 3.45. The van der Waals surface area contributed by atoms with Gasteiger partial charge in [-0.15, -0.1) is 0 Å². The van der Waals surface area contributed by atoms with Crippen LogP contribution in [0.2, 0.25) is 0 Å². The second kappa shape index (κ2) is 11.9. The van der Waals surface area contributed by atoms with E-state index in [1.165, 1.54) is 7.11 Å². The summed E-state index contributed by atoms with van der Waals surface area (Å²) in [7, 11) is 1.53. The molecule has 0 aliphatic heterocycles. The molecule has 0 spiro atoms. The number of hydrogen-bond acceptors (Lipinski definition) is 7. The van der Waals surface area contributed by atoms with Gasteiger partial charge in [-0.25, -0.2) is 14.4 Å². The van der Waals surface area contributed by atoms with Crippen LogP contribution in [0.3, 0.4) is 0 Å². The average Bonchev–Trinajstić information content (AvgIpc) is 2.89. The molecule has 194 valence electrons. The SMILES string of the molecule is C=C(C)C(=O)Oc1ccc(-c2cc(OC(=O)C(=C)C)c(-c3ccc(OC(=O)C(=C)C)cc3)cc2OC)cc1. The molecule has 0 N–H and O–H groups in total. The van der Waals surface area contributed by atoms with Crippen LogP contribution in [0, 0.1) is 0 Å². The molecule has 7 heteroatoms.